The fraction of sp³-hybridized carbons (Fsp3) is 0.346. The van der Waals surface area contributed by atoms with Crippen molar-refractivity contribution in [1.29, 1.82) is 0 Å². The van der Waals surface area contributed by atoms with Gasteiger partial charge < -0.3 is 20.1 Å². The molecular weight excluding hydrogens is 553 g/mol. The van der Waals surface area contributed by atoms with Gasteiger partial charge in [0.05, 0.1) is 24.0 Å². The van der Waals surface area contributed by atoms with Crippen LogP contribution in [0.4, 0.5) is 19.0 Å². The van der Waals surface area contributed by atoms with E-state index < -0.39 is 45.7 Å². The molecule has 1 aliphatic heterocycles. The van der Waals surface area contributed by atoms with E-state index in [9.17, 15) is 31.2 Å². The molecule has 0 radical (unpaired) electrons. The largest absolute Gasteiger partial charge is 0.497 e. The first-order valence-electron chi connectivity index (χ1n) is 12.2. The van der Waals surface area contributed by atoms with Crippen LogP contribution in [0, 0.1) is 0 Å². The lowest BCUT2D eigenvalue weighted by Gasteiger charge is -2.35. The number of aryl methyl sites for hydroxylation is 1. The van der Waals surface area contributed by atoms with Gasteiger partial charge in [-0.3, -0.25) is 9.59 Å². The minimum atomic E-state index is -4.47. The van der Waals surface area contributed by atoms with Crippen molar-refractivity contribution in [2.45, 2.75) is 31.0 Å². The summed E-state index contributed by atoms with van der Waals surface area (Å²) in [5.74, 6) is -1.57. The molecule has 1 aliphatic carbocycles. The first kappa shape index (κ1) is 27.5. The minimum Gasteiger partial charge on any atom is -0.497 e. The zero-order valence-corrected chi connectivity index (χ0v) is 22.3. The molecule has 212 valence electrons. The maximum Gasteiger partial charge on any atom is 0.422 e. The number of carbonyl (C=O) groups is 2. The summed E-state index contributed by atoms with van der Waals surface area (Å²) in [4.78, 5) is 26.2. The van der Waals surface area contributed by atoms with Crippen LogP contribution < -0.4 is 20.1 Å². The second-order valence-electron chi connectivity index (χ2n) is 9.84. The number of ether oxygens (including phenoxy) is 2. The summed E-state index contributed by atoms with van der Waals surface area (Å²) in [7, 11) is -2.17. The van der Waals surface area contributed by atoms with Crippen LogP contribution in [0.5, 0.6) is 11.5 Å². The van der Waals surface area contributed by atoms with E-state index in [-0.39, 0.29) is 23.6 Å². The lowest BCUT2D eigenvalue weighted by molar-refractivity contribution is -0.153. The molecule has 0 unspecified atom stereocenters. The summed E-state index contributed by atoms with van der Waals surface area (Å²) < 4.78 is 72.8. The van der Waals surface area contributed by atoms with Crippen LogP contribution in [0.25, 0.3) is 5.69 Å². The molecule has 2 aromatic carbocycles. The predicted octanol–water partition coefficient (Wildman–Crippen LogP) is 2.93. The van der Waals surface area contributed by atoms with Crippen molar-refractivity contribution < 1.29 is 40.7 Å². The van der Waals surface area contributed by atoms with E-state index >= 15 is 0 Å². The van der Waals surface area contributed by atoms with Crippen LogP contribution in [0.1, 0.15) is 33.6 Å². The van der Waals surface area contributed by atoms with Crippen molar-refractivity contribution in [3.8, 4) is 17.2 Å². The molecule has 3 aromatic rings. The summed E-state index contributed by atoms with van der Waals surface area (Å²) in [5, 5.41) is 10.2. The van der Waals surface area contributed by atoms with Gasteiger partial charge in [0.25, 0.3) is 5.91 Å². The summed E-state index contributed by atoms with van der Waals surface area (Å²) >= 11 is 0. The van der Waals surface area contributed by atoms with E-state index in [0.717, 1.165) is 17.4 Å². The van der Waals surface area contributed by atoms with Crippen LogP contribution in [-0.2, 0) is 33.0 Å². The van der Waals surface area contributed by atoms with Crippen LogP contribution in [0.2, 0.25) is 0 Å². The number of hydrogen-bond acceptors (Lipinski definition) is 7. The molecule has 1 spiro atoms. The summed E-state index contributed by atoms with van der Waals surface area (Å²) in [6.45, 7) is -1.41. The summed E-state index contributed by atoms with van der Waals surface area (Å²) in [6, 6.07) is 11.4. The number of aromatic nitrogens is 2. The third-order valence-electron chi connectivity index (χ3n) is 6.77. The number of nitrogens with zero attached hydrogens (tertiary/aromatic N) is 2. The summed E-state index contributed by atoms with van der Waals surface area (Å²) in [5.41, 5.74) is 1.54. The van der Waals surface area contributed by atoms with Crippen molar-refractivity contribution >= 4 is 27.5 Å². The molecule has 2 N–H and O–H groups in total. The third-order valence-corrected chi connectivity index (χ3v) is 7.56. The smallest absolute Gasteiger partial charge is 0.422 e. The Kier molecular flexibility index (Phi) is 6.76. The van der Waals surface area contributed by atoms with E-state index in [1.807, 2.05) is 0 Å². The quantitative estimate of drug-likeness (QED) is 0.441. The second-order valence-corrected chi connectivity index (χ2v) is 12.0. The highest BCUT2D eigenvalue weighted by Gasteiger charge is 2.47. The Labute approximate surface area is 227 Å². The minimum absolute atomic E-state index is 0.0124. The number of halogens is 3. The molecule has 0 saturated heterocycles. The lowest BCUT2D eigenvalue weighted by atomic mass is 9.82. The molecule has 2 aliphatic rings. The molecule has 1 aromatic heterocycles. The number of anilines is 1. The van der Waals surface area contributed by atoms with E-state index in [1.54, 1.807) is 36.4 Å². The highest BCUT2D eigenvalue weighted by Crippen LogP contribution is 2.44. The highest BCUT2D eigenvalue weighted by molar-refractivity contribution is 7.91. The lowest BCUT2D eigenvalue weighted by Crippen LogP contribution is -2.49. The Hall–Kier alpha value is -4.07. The van der Waals surface area contributed by atoms with Gasteiger partial charge in [-0.25, -0.2) is 13.1 Å². The Morgan fingerprint density at radius 1 is 1.20 bits per heavy atom. The molecule has 14 heteroatoms. The average Bonchev–Trinajstić information content (AvgIpc) is 3.39. The number of alkyl halides is 3. The molecule has 5 rings (SSSR count). The van der Waals surface area contributed by atoms with Gasteiger partial charge >= 0.3 is 6.18 Å². The number of nitrogens with one attached hydrogen (secondary N) is 2. The molecule has 10 nitrogen and oxygen atoms in total. The molecule has 2 amide bonds. The fourth-order valence-electron chi connectivity index (χ4n) is 5.18. The molecule has 0 bridgehead atoms. The molecule has 0 saturated carbocycles. The standard InChI is InChI=1S/C26H25F3N4O6S/c1-38-17-5-3-4-16(11-17)33-23(30-21(34)13-40(2,36)37)22-20(32-33)12-25(31-24(22)35)9-8-15-10-18(6-7-19(15)25)39-14-26(27,28)29/h3-7,10-11H,8-9,12-14H2,1-2H3,(H,30,34)(H,31,35)/t25-/m0/s1. The number of methoxy groups -OCH3 is 1. The first-order chi connectivity index (χ1) is 18.8. The van der Waals surface area contributed by atoms with Crippen molar-refractivity contribution in [2.24, 2.45) is 0 Å². The molecule has 0 fully saturated rings. The van der Waals surface area contributed by atoms with E-state index in [4.69, 9.17) is 9.47 Å². The van der Waals surface area contributed by atoms with Crippen LogP contribution in [0.3, 0.4) is 0 Å². The molecule has 1 atom stereocenters. The maximum absolute atomic E-state index is 13.6. The monoisotopic (exact) mass is 578 g/mol. The zero-order valence-electron chi connectivity index (χ0n) is 21.5. The summed E-state index contributed by atoms with van der Waals surface area (Å²) in [6.07, 6.45) is -2.35. The van der Waals surface area contributed by atoms with Crippen molar-refractivity contribution in [3.63, 3.8) is 0 Å². The number of amides is 2. The van der Waals surface area contributed by atoms with Crippen molar-refractivity contribution in [2.75, 3.05) is 31.0 Å². The van der Waals surface area contributed by atoms with Gasteiger partial charge in [-0.1, -0.05) is 12.1 Å². The van der Waals surface area contributed by atoms with Gasteiger partial charge in [0.2, 0.25) is 5.91 Å². The number of sulfone groups is 1. The Morgan fingerprint density at radius 2 is 1.98 bits per heavy atom. The molecule has 2 heterocycles. The molecular formula is C26H25F3N4O6S. The number of benzene rings is 2. The van der Waals surface area contributed by atoms with Gasteiger partial charge in [0.15, 0.2) is 16.4 Å². The van der Waals surface area contributed by atoms with Gasteiger partial charge in [-0.2, -0.15) is 18.3 Å². The molecule has 40 heavy (non-hydrogen) atoms. The van der Waals surface area contributed by atoms with Crippen LogP contribution in [0.15, 0.2) is 42.5 Å². The second kappa shape index (κ2) is 9.84. The topological polar surface area (TPSA) is 129 Å². The fourth-order valence-corrected chi connectivity index (χ4v) is 5.73. The van der Waals surface area contributed by atoms with Gasteiger partial charge in [-0.15, -0.1) is 0 Å². The van der Waals surface area contributed by atoms with Crippen molar-refractivity contribution in [1.82, 2.24) is 15.1 Å². The highest BCUT2D eigenvalue weighted by atomic mass is 32.2. The normalized spacial score (nSPS) is 18.2. The van der Waals surface area contributed by atoms with Gasteiger partial charge in [-0.05, 0) is 48.2 Å². The van der Waals surface area contributed by atoms with Gasteiger partial charge in [0, 0.05) is 18.7 Å². The van der Waals surface area contributed by atoms with Crippen LogP contribution >= 0.6 is 0 Å². The van der Waals surface area contributed by atoms with Crippen LogP contribution in [-0.4, -0.2) is 61.9 Å². The maximum atomic E-state index is 13.6. The van der Waals surface area contributed by atoms with E-state index in [0.29, 0.717) is 30.0 Å². The van der Waals surface area contributed by atoms with Crippen molar-refractivity contribution in [3.05, 3.63) is 64.8 Å². The predicted molar refractivity (Wildman–Crippen MR) is 138 cm³/mol. The SMILES string of the molecule is COc1cccc(-n2nc3c(c2NC(=O)CS(C)(=O)=O)C(=O)N[C@@]2(CCc4cc(OCC(F)(F)F)ccc42)C3)c1. The number of carbonyl (C=O) groups excluding carboxylic acids is 2. The van der Waals surface area contributed by atoms with Gasteiger partial charge in [0.1, 0.15) is 28.6 Å². The average molecular weight is 579 g/mol. The Balaban J connectivity index is 1.53. The van der Waals surface area contributed by atoms with E-state index in [2.05, 4.69) is 15.7 Å². The number of fused-ring (bicyclic) bond motifs is 3. The Morgan fingerprint density at radius 3 is 2.67 bits per heavy atom. The third kappa shape index (κ3) is 5.48. The first-order valence-corrected chi connectivity index (χ1v) is 14.2. The van der Waals surface area contributed by atoms with E-state index in [1.165, 1.54) is 17.9 Å². The number of hydrogen-bond donors (Lipinski definition) is 2. The zero-order chi connectivity index (χ0) is 28.9. The number of rotatable bonds is 7. The Bertz CT molecular complexity index is 1620.